The summed E-state index contributed by atoms with van der Waals surface area (Å²) in [7, 11) is 0. The maximum absolute atomic E-state index is 11.4. The lowest BCUT2D eigenvalue weighted by Crippen LogP contribution is -2.29. The molecule has 6 heteroatoms. The number of nitrogens with one attached hydrogen (secondary N) is 1. The molecule has 0 heterocycles. The number of hydrogen-bond donors (Lipinski definition) is 4. The van der Waals surface area contributed by atoms with E-state index in [1.54, 1.807) is 0 Å². The molecule has 1 rings (SSSR count). The number of carbonyl (C=O) groups is 1. The molecule has 0 aliphatic carbocycles. The molecule has 0 saturated carbocycles. The summed E-state index contributed by atoms with van der Waals surface area (Å²) < 4.78 is 4.95. The second kappa shape index (κ2) is 8.04. The molecule has 0 aliphatic heterocycles. The molecule has 0 fully saturated rings. The number of aliphatic hydroxyl groups excluding tert-OH is 1. The summed E-state index contributed by atoms with van der Waals surface area (Å²) in [5.74, 6) is 1.42. The number of ether oxygens (including phenoxy) is 1. The molecule has 108 valence electrons. The van der Waals surface area contributed by atoms with E-state index in [4.69, 9.17) is 16.3 Å². The molecule has 0 aromatic heterocycles. The summed E-state index contributed by atoms with van der Waals surface area (Å²) in [5.41, 5.74) is 0.393. The fourth-order valence-corrected chi connectivity index (χ4v) is 1.46. The minimum absolute atomic E-state index is 0.00180. The maximum Gasteiger partial charge on any atom is 0.222 e. The van der Waals surface area contributed by atoms with Crippen LogP contribution in [0.4, 0.5) is 0 Å². The van der Waals surface area contributed by atoms with E-state index in [9.17, 15) is 15.0 Å². The molecule has 1 aromatic rings. The van der Waals surface area contributed by atoms with Crippen LogP contribution in [0.25, 0.3) is 0 Å². The van der Waals surface area contributed by atoms with Crippen LogP contribution in [0.1, 0.15) is 18.1 Å². The Labute approximate surface area is 117 Å². The average molecular weight is 279 g/mol. The number of phenols is 2. The molecule has 1 aromatic carbocycles. The van der Waals surface area contributed by atoms with Gasteiger partial charge in [-0.25, -0.2) is 0 Å². The molecule has 1 atom stereocenters. The van der Waals surface area contributed by atoms with Crippen LogP contribution in [0.2, 0.25) is 0 Å². The van der Waals surface area contributed by atoms with Gasteiger partial charge in [0.15, 0.2) is 11.5 Å². The first kappa shape index (κ1) is 15.8. The number of amides is 1. The van der Waals surface area contributed by atoms with E-state index < -0.39 is 6.10 Å². The number of hydrogen-bond acceptors (Lipinski definition) is 5. The van der Waals surface area contributed by atoms with Crippen molar-refractivity contribution in [1.29, 1.82) is 0 Å². The van der Waals surface area contributed by atoms with Gasteiger partial charge in [0, 0.05) is 6.54 Å². The van der Waals surface area contributed by atoms with Crippen LogP contribution >= 0.6 is 0 Å². The van der Waals surface area contributed by atoms with Gasteiger partial charge in [0.2, 0.25) is 5.91 Å². The third-order valence-corrected chi connectivity index (χ3v) is 2.54. The number of carbonyl (C=O) groups excluding carboxylic acids is 1. The third-order valence-electron chi connectivity index (χ3n) is 2.54. The van der Waals surface area contributed by atoms with Crippen molar-refractivity contribution >= 4 is 5.91 Å². The van der Waals surface area contributed by atoms with Gasteiger partial charge >= 0.3 is 0 Å². The number of benzene rings is 1. The minimum Gasteiger partial charge on any atom is -0.504 e. The lowest BCUT2D eigenvalue weighted by Gasteiger charge is -2.13. The molecule has 20 heavy (non-hydrogen) atoms. The molecule has 4 N–H and O–H groups in total. The van der Waals surface area contributed by atoms with Gasteiger partial charge in [0.1, 0.15) is 6.61 Å². The molecule has 0 saturated heterocycles. The molecule has 1 amide bonds. The monoisotopic (exact) mass is 279 g/mol. The Hall–Kier alpha value is -2.23. The smallest absolute Gasteiger partial charge is 0.222 e. The molecule has 1 unspecified atom stereocenters. The molecule has 0 bridgehead atoms. The Morgan fingerprint density at radius 2 is 2.15 bits per heavy atom. The van der Waals surface area contributed by atoms with Crippen LogP contribution in [-0.4, -0.2) is 41.0 Å². The van der Waals surface area contributed by atoms with E-state index in [1.807, 2.05) is 0 Å². The van der Waals surface area contributed by atoms with Crippen LogP contribution in [-0.2, 0) is 9.53 Å². The Morgan fingerprint density at radius 1 is 1.40 bits per heavy atom. The third kappa shape index (κ3) is 5.18. The van der Waals surface area contributed by atoms with Crippen LogP contribution < -0.4 is 5.32 Å². The van der Waals surface area contributed by atoms with Crippen molar-refractivity contribution in [1.82, 2.24) is 5.32 Å². The Balaban J connectivity index is 2.35. The van der Waals surface area contributed by atoms with E-state index in [2.05, 4.69) is 11.2 Å². The predicted molar refractivity (Wildman–Crippen MR) is 72.0 cm³/mol. The second-order valence-electron chi connectivity index (χ2n) is 4.07. The highest BCUT2D eigenvalue weighted by Gasteiger charge is 2.11. The Bertz CT molecular complexity index is 495. The largest absolute Gasteiger partial charge is 0.504 e. The highest BCUT2D eigenvalue weighted by atomic mass is 16.5. The lowest BCUT2D eigenvalue weighted by atomic mass is 10.1. The number of rotatable bonds is 7. The van der Waals surface area contributed by atoms with E-state index >= 15 is 0 Å². The highest BCUT2D eigenvalue weighted by Crippen LogP contribution is 2.27. The minimum atomic E-state index is -0.975. The van der Waals surface area contributed by atoms with E-state index in [0.717, 1.165) is 0 Å². The van der Waals surface area contributed by atoms with Gasteiger partial charge in [-0.05, 0) is 17.7 Å². The normalized spacial score (nSPS) is 11.6. The topological polar surface area (TPSA) is 99.0 Å². The predicted octanol–water partition coefficient (Wildman–Crippen LogP) is 0.287. The van der Waals surface area contributed by atoms with E-state index in [0.29, 0.717) is 5.56 Å². The second-order valence-corrected chi connectivity index (χ2v) is 4.07. The van der Waals surface area contributed by atoms with Crippen molar-refractivity contribution in [2.45, 2.75) is 12.5 Å². The summed E-state index contributed by atoms with van der Waals surface area (Å²) in [6, 6.07) is 3.97. The van der Waals surface area contributed by atoms with Gasteiger partial charge < -0.3 is 25.4 Å². The van der Waals surface area contributed by atoms with Crippen LogP contribution in [0.3, 0.4) is 0 Å². The summed E-state index contributed by atoms with van der Waals surface area (Å²) in [5, 5.41) is 30.8. The number of terminal acetylenes is 1. The van der Waals surface area contributed by atoms with Gasteiger partial charge in [-0.15, -0.1) is 6.42 Å². The van der Waals surface area contributed by atoms with Crippen molar-refractivity contribution in [3.63, 3.8) is 0 Å². The molecule has 6 nitrogen and oxygen atoms in total. The zero-order chi connectivity index (χ0) is 15.0. The first-order valence-corrected chi connectivity index (χ1v) is 6.02. The summed E-state index contributed by atoms with van der Waals surface area (Å²) in [4.78, 5) is 11.4. The Morgan fingerprint density at radius 3 is 2.80 bits per heavy atom. The standard InChI is InChI=1S/C14H17NO5/c1-2-6-20-7-5-14(19)15-9-13(18)10-3-4-11(16)12(17)8-10/h1,3-4,8,13,16-18H,5-7,9H2,(H,15,19). The van der Waals surface area contributed by atoms with Crippen LogP contribution in [0, 0.1) is 12.3 Å². The average Bonchev–Trinajstić information content (AvgIpc) is 2.44. The first-order valence-electron chi connectivity index (χ1n) is 6.02. The van der Waals surface area contributed by atoms with Crippen molar-refractivity contribution in [2.24, 2.45) is 0 Å². The highest BCUT2D eigenvalue weighted by molar-refractivity contribution is 5.76. The molecule has 0 radical (unpaired) electrons. The molecular formula is C14H17NO5. The summed E-state index contributed by atoms with van der Waals surface area (Å²) in [6.07, 6.45) is 4.16. The Kier molecular flexibility index (Phi) is 6.37. The van der Waals surface area contributed by atoms with Crippen molar-refractivity contribution in [3.8, 4) is 23.8 Å². The van der Waals surface area contributed by atoms with Crippen LogP contribution in [0.5, 0.6) is 11.5 Å². The van der Waals surface area contributed by atoms with Crippen LogP contribution in [0.15, 0.2) is 18.2 Å². The van der Waals surface area contributed by atoms with E-state index in [-0.39, 0.29) is 43.6 Å². The number of aliphatic hydroxyl groups is 1. The molecular weight excluding hydrogens is 262 g/mol. The SMILES string of the molecule is C#CCOCCC(=O)NCC(O)c1ccc(O)c(O)c1. The maximum atomic E-state index is 11.4. The number of phenolic OH excluding ortho intramolecular Hbond substituents is 2. The zero-order valence-corrected chi connectivity index (χ0v) is 10.9. The van der Waals surface area contributed by atoms with E-state index in [1.165, 1.54) is 18.2 Å². The van der Waals surface area contributed by atoms with Gasteiger partial charge in [-0.1, -0.05) is 12.0 Å². The molecule has 0 spiro atoms. The lowest BCUT2D eigenvalue weighted by molar-refractivity contribution is -0.122. The zero-order valence-electron chi connectivity index (χ0n) is 10.9. The summed E-state index contributed by atoms with van der Waals surface area (Å²) in [6.45, 7) is 0.368. The first-order chi connectivity index (χ1) is 9.54. The summed E-state index contributed by atoms with van der Waals surface area (Å²) >= 11 is 0. The van der Waals surface area contributed by atoms with Gasteiger partial charge in [-0.2, -0.15) is 0 Å². The fraction of sp³-hybridized carbons (Fsp3) is 0.357. The van der Waals surface area contributed by atoms with Gasteiger partial charge in [0.25, 0.3) is 0 Å². The number of aromatic hydroxyl groups is 2. The van der Waals surface area contributed by atoms with Gasteiger partial charge in [0.05, 0.1) is 19.1 Å². The van der Waals surface area contributed by atoms with Gasteiger partial charge in [-0.3, -0.25) is 4.79 Å². The quantitative estimate of drug-likeness (QED) is 0.326. The molecule has 0 aliphatic rings. The van der Waals surface area contributed by atoms with Crippen molar-refractivity contribution in [2.75, 3.05) is 19.8 Å². The van der Waals surface area contributed by atoms with Crippen molar-refractivity contribution in [3.05, 3.63) is 23.8 Å². The fourth-order valence-electron chi connectivity index (χ4n) is 1.46. The van der Waals surface area contributed by atoms with Crippen molar-refractivity contribution < 1.29 is 24.9 Å².